The lowest BCUT2D eigenvalue weighted by Crippen LogP contribution is -2.44. The predicted octanol–water partition coefficient (Wildman–Crippen LogP) is 3.37. The molecule has 0 atom stereocenters. The lowest BCUT2D eigenvalue weighted by Gasteiger charge is -2.15. The summed E-state index contributed by atoms with van der Waals surface area (Å²) in [6, 6.07) is 12.7. The number of para-hydroxylation sites is 1. The Balaban J connectivity index is 1.88. The van der Waals surface area contributed by atoms with Crippen LogP contribution in [-0.4, -0.2) is 38.2 Å². The molecular formula is C23H30N2O5. The average Bonchev–Trinajstić information content (AvgIpc) is 2.73. The van der Waals surface area contributed by atoms with Crippen molar-refractivity contribution >= 4 is 11.8 Å². The van der Waals surface area contributed by atoms with Gasteiger partial charge in [-0.3, -0.25) is 20.4 Å². The molecule has 2 rings (SSSR count). The monoisotopic (exact) mass is 414 g/mol. The maximum absolute atomic E-state index is 12.4. The number of carbonyl (C=O) groups excluding carboxylic acids is 2. The van der Waals surface area contributed by atoms with Crippen LogP contribution in [0.3, 0.4) is 0 Å². The van der Waals surface area contributed by atoms with E-state index in [1.165, 1.54) is 0 Å². The van der Waals surface area contributed by atoms with Crippen LogP contribution in [0, 0.1) is 6.92 Å². The van der Waals surface area contributed by atoms with Crippen molar-refractivity contribution in [3.8, 4) is 11.5 Å². The van der Waals surface area contributed by atoms with Gasteiger partial charge in [0.1, 0.15) is 18.1 Å². The number of rotatable bonds is 10. The number of aryl methyl sites for hydroxylation is 1. The number of hydrogen-bond donors (Lipinski definition) is 2. The van der Waals surface area contributed by atoms with Crippen molar-refractivity contribution in [2.75, 3.05) is 26.4 Å². The van der Waals surface area contributed by atoms with Crippen molar-refractivity contribution in [2.45, 2.75) is 33.6 Å². The molecule has 0 radical (unpaired) electrons. The van der Waals surface area contributed by atoms with Crippen LogP contribution >= 0.6 is 0 Å². The van der Waals surface area contributed by atoms with Crippen LogP contribution in [0.2, 0.25) is 0 Å². The molecule has 2 amide bonds. The van der Waals surface area contributed by atoms with Crippen molar-refractivity contribution in [1.29, 1.82) is 0 Å². The van der Waals surface area contributed by atoms with Crippen molar-refractivity contribution < 1.29 is 23.8 Å². The molecule has 0 aromatic heterocycles. The second-order valence-electron chi connectivity index (χ2n) is 7.03. The summed E-state index contributed by atoms with van der Waals surface area (Å²) in [6.45, 7) is 9.13. The van der Waals surface area contributed by atoms with Crippen LogP contribution in [0.25, 0.3) is 0 Å². The summed E-state index contributed by atoms with van der Waals surface area (Å²) < 4.78 is 16.5. The molecule has 0 aliphatic heterocycles. The van der Waals surface area contributed by atoms with Gasteiger partial charge < -0.3 is 14.2 Å². The minimum absolute atomic E-state index is 0.212. The summed E-state index contributed by atoms with van der Waals surface area (Å²) in [6.07, 6.45) is 0. The molecule has 0 unspecified atom stereocenters. The minimum Gasteiger partial charge on any atom is -0.490 e. The van der Waals surface area contributed by atoms with Gasteiger partial charge in [0.15, 0.2) is 6.61 Å². The Morgan fingerprint density at radius 1 is 0.967 bits per heavy atom. The molecule has 0 bridgehead atoms. The van der Waals surface area contributed by atoms with E-state index in [9.17, 15) is 9.59 Å². The zero-order valence-electron chi connectivity index (χ0n) is 18.0. The van der Waals surface area contributed by atoms with E-state index in [-0.39, 0.29) is 12.5 Å². The third-order valence-corrected chi connectivity index (χ3v) is 4.29. The largest absolute Gasteiger partial charge is 0.490 e. The molecule has 2 aromatic carbocycles. The third-order valence-electron chi connectivity index (χ3n) is 4.29. The van der Waals surface area contributed by atoms with E-state index in [2.05, 4.69) is 24.7 Å². The average molecular weight is 415 g/mol. The van der Waals surface area contributed by atoms with Gasteiger partial charge in [0.05, 0.1) is 12.2 Å². The lowest BCUT2D eigenvalue weighted by atomic mass is 10.0. The van der Waals surface area contributed by atoms with Gasteiger partial charge in [-0.05, 0) is 49.1 Å². The summed E-state index contributed by atoms with van der Waals surface area (Å²) >= 11 is 0. The van der Waals surface area contributed by atoms with Gasteiger partial charge in [-0.25, -0.2) is 0 Å². The van der Waals surface area contributed by atoms with E-state index < -0.39 is 11.8 Å². The summed E-state index contributed by atoms with van der Waals surface area (Å²) in [7, 11) is 0. The molecular weight excluding hydrogens is 384 g/mol. The van der Waals surface area contributed by atoms with Crippen molar-refractivity contribution in [2.24, 2.45) is 0 Å². The zero-order valence-corrected chi connectivity index (χ0v) is 18.0. The molecule has 0 saturated carbocycles. The Bertz CT molecular complexity index is 851. The van der Waals surface area contributed by atoms with E-state index in [1.54, 1.807) is 24.3 Å². The number of carbonyl (C=O) groups is 2. The summed E-state index contributed by atoms with van der Waals surface area (Å²) in [5, 5.41) is 0. The number of ether oxygens (including phenoxy) is 3. The minimum atomic E-state index is -0.478. The molecule has 2 N–H and O–H groups in total. The zero-order chi connectivity index (χ0) is 21.9. The molecule has 0 aliphatic rings. The number of hydrogen-bond acceptors (Lipinski definition) is 5. The second kappa shape index (κ2) is 11.8. The van der Waals surface area contributed by atoms with Gasteiger partial charge in [0.25, 0.3) is 11.8 Å². The highest BCUT2D eigenvalue weighted by atomic mass is 16.5. The molecule has 30 heavy (non-hydrogen) atoms. The van der Waals surface area contributed by atoms with E-state index in [1.807, 2.05) is 32.0 Å². The molecule has 7 nitrogen and oxygen atoms in total. The van der Waals surface area contributed by atoms with Crippen molar-refractivity contribution in [3.63, 3.8) is 0 Å². The highest BCUT2D eigenvalue weighted by Gasteiger charge is 2.14. The maximum atomic E-state index is 12.4. The standard InChI is InChI=1S/C23H30N2O5/c1-5-28-12-13-29-20-9-7-6-8-19(20)23(27)25-24-22(26)15-30-21-14-17(4)10-11-18(21)16(2)3/h6-11,14,16H,5,12-13,15H2,1-4H3,(H,24,26)(H,25,27). The first kappa shape index (κ1) is 23.2. The predicted molar refractivity (Wildman–Crippen MR) is 115 cm³/mol. The highest BCUT2D eigenvalue weighted by Crippen LogP contribution is 2.27. The maximum Gasteiger partial charge on any atom is 0.276 e. The molecule has 162 valence electrons. The number of hydrazine groups is 1. The van der Waals surface area contributed by atoms with Gasteiger partial charge in [0.2, 0.25) is 0 Å². The Labute approximate surface area is 177 Å². The fraction of sp³-hybridized carbons (Fsp3) is 0.391. The van der Waals surface area contributed by atoms with E-state index >= 15 is 0 Å². The van der Waals surface area contributed by atoms with Crippen LogP contribution in [0.4, 0.5) is 0 Å². The fourth-order valence-corrected chi connectivity index (χ4v) is 2.75. The van der Waals surface area contributed by atoms with Gasteiger partial charge in [-0.15, -0.1) is 0 Å². The number of amides is 2. The van der Waals surface area contributed by atoms with E-state index in [4.69, 9.17) is 14.2 Å². The van der Waals surface area contributed by atoms with Crippen LogP contribution in [0.15, 0.2) is 42.5 Å². The van der Waals surface area contributed by atoms with Gasteiger partial charge in [-0.1, -0.05) is 38.1 Å². The Morgan fingerprint density at radius 2 is 1.73 bits per heavy atom. The van der Waals surface area contributed by atoms with Crippen LogP contribution in [-0.2, 0) is 9.53 Å². The molecule has 7 heteroatoms. The molecule has 0 heterocycles. The Hall–Kier alpha value is -3.06. The van der Waals surface area contributed by atoms with Crippen molar-refractivity contribution in [1.82, 2.24) is 10.9 Å². The first-order valence-corrected chi connectivity index (χ1v) is 10.0. The number of benzene rings is 2. The SMILES string of the molecule is CCOCCOc1ccccc1C(=O)NNC(=O)COc1cc(C)ccc1C(C)C. The smallest absolute Gasteiger partial charge is 0.276 e. The Kier molecular flexibility index (Phi) is 9.15. The van der Waals surface area contributed by atoms with E-state index in [0.29, 0.717) is 36.9 Å². The summed E-state index contributed by atoms with van der Waals surface area (Å²) in [5.74, 6) is 0.409. The quantitative estimate of drug-likeness (QED) is 0.460. The summed E-state index contributed by atoms with van der Waals surface area (Å²) in [4.78, 5) is 24.6. The van der Waals surface area contributed by atoms with Gasteiger partial charge in [0, 0.05) is 6.61 Å². The van der Waals surface area contributed by atoms with Crippen LogP contribution in [0.5, 0.6) is 11.5 Å². The third kappa shape index (κ3) is 7.08. The topological polar surface area (TPSA) is 85.9 Å². The molecule has 0 saturated heterocycles. The first-order chi connectivity index (χ1) is 14.4. The summed E-state index contributed by atoms with van der Waals surface area (Å²) in [5.41, 5.74) is 7.16. The lowest BCUT2D eigenvalue weighted by molar-refractivity contribution is -0.123. The van der Waals surface area contributed by atoms with Gasteiger partial charge >= 0.3 is 0 Å². The molecule has 0 spiro atoms. The van der Waals surface area contributed by atoms with Crippen LogP contribution in [0.1, 0.15) is 48.2 Å². The molecule has 2 aromatic rings. The van der Waals surface area contributed by atoms with Gasteiger partial charge in [-0.2, -0.15) is 0 Å². The van der Waals surface area contributed by atoms with Crippen LogP contribution < -0.4 is 20.3 Å². The van der Waals surface area contributed by atoms with E-state index in [0.717, 1.165) is 11.1 Å². The Morgan fingerprint density at radius 3 is 2.47 bits per heavy atom. The normalized spacial score (nSPS) is 10.6. The number of nitrogens with one attached hydrogen (secondary N) is 2. The molecule has 0 aliphatic carbocycles. The second-order valence-corrected chi connectivity index (χ2v) is 7.03. The fourth-order valence-electron chi connectivity index (χ4n) is 2.75. The molecule has 0 fully saturated rings. The van der Waals surface area contributed by atoms with Crippen molar-refractivity contribution in [3.05, 3.63) is 59.2 Å². The first-order valence-electron chi connectivity index (χ1n) is 10.0. The highest BCUT2D eigenvalue weighted by molar-refractivity contribution is 5.97.